The molecule has 2 aliphatic rings. The number of rotatable bonds is 7. The van der Waals surface area contributed by atoms with Crippen molar-refractivity contribution >= 4 is 55.7 Å². The highest BCUT2D eigenvalue weighted by Crippen LogP contribution is 2.67. The Balaban J connectivity index is 1.21. The maximum Gasteiger partial charge on any atom is 0.0752 e. The number of anilines is 6. The summed E-state index contributed by atoms with van der Waals surface area (Å²) in [7, 11) is 0. The third-order valence-corrected chi connectivity index (χ3v) is 13.8. The Morgan fingerprint density at radius 2 is 0.629 bits per heavy atom. The lowest BCUT2D eigenvalue weighted by atomic mass is 9.56. The third-order valence-electron chi connectivity index (χ3n) is 13.8. The Morgan fingerprint density at radius 1 is 0.323 bits per heavy atom. The lowest BCUT2D eigenvalue weighted by Crippen LogP contribution is -2.44. The van der Waals surface area contributed by atoms with Crippen LogP contribution in [0.1, 0.15) is 36.1 Å². The van der Waals surface area contributed by atoms with Gasteiger partial charge in [0.1, 0.15) is 0 Å². The summed E-state index contributed by atoms with van der Waals surface area (Å²) in [5.41, 5.74) is 14.8. The van der Waals surface area contributed by atoms with Gasteiger partial charge >= 0.3 is 0 Å². The molecule has 0 N–H and O–H groups in total. The molecule has 0 saturated carbocycles. The summed E-state index contributed by atoms with van der Waals surface area (Å²) >= 11 is 0. The first-order chi connectivity index (χ1) is 30.6. The standard InChI is InChI=1S/C58H42N4/c1-57(47-33-19-35-59-55(47)53-45-31-17-15-29-43(45)51(37-49(53)57)61(39-21-7-3-8-22-39)40-23-9-4-10-24-40)58(2)48-34-20-36-60-56(48)54-46-32-18-16-30-44(46)52(38-50(54)58)62(41-25-11-5-12-26-41)42-27-13-6-14-28-42/h3-38H,1-2H3. The minimum absolute atomic E-state index is 0.614. The van der Waals surface area contributed by atoms with Crippen molar-refractivity contribution in [2.45, 2.75) is 24.7 Å². The van der Waals surface area contributed by atoms with E-state index in [0.29, 0.717) is 0 Å². The number of pyridine rings is 2. The van der Waals surface area contributed by atoms with Crippen LogP contribution in [0.2, 0.25) is 0 Å². The molecule has 2 aliphatic carbocycles. The van der Waals surface area contributed by atoms with Crippen molar-refractivity contribution in [3.63, 3.8) is 0 Å². The SMILES string of the molecule is CC1(C2(C)c3cccnc3-c3c2cc(N(c2ccccc2)c2ccccc2)c2ccccc32)c2cccnc2-c2c1cc(N(c1ccccc1)c1ccccc1)c1ccccc21. The van der Waals surface area contributed by atoms with Gasteiger partial charge in [-0.2, -0.15) is 0 Å². The van der Waals surface area contributed by atoms with Gasteiger partial charge in [-0.25, -0.2) is 0 Å². The molecule has 294 valence electrons. The highest BCUT2D eigenvalue weighted by molar-refractivity contribution is 6.12. The molecule has 2 heterocycles. The zero-order chi connectivity index (χ0) is 41.4. The first kappa shape index (κ1) is 36.1. The van der Waals surface area contributed by atoms with Gasteiger partial charge in [-0.05, 0) is 106 Å². The van der Waals surface area contributed by atoms with Gasteiger partial charge in [0.25, 0.3) is 0 Å². The van der Waals surface area contributed by atoms with Crippen LogP contribution >= 0.6 is 0 Å². The van der Waals surface area contributed by atoms with Crippen molar-refractivity contribution < 1.29 is 0 Å². The number of para-hydroxylation sites is 4. The molecule has 0 fully saturated rings. The summed E-state index contributed by atoms with van der Waals surface area (Å²) < 4.78 is 0. The number of aromatic nitrogens is 2. The fraction of sp³-hybridized carbons (Fsp3) is 0.0690. The van der Waals surface area contributed by atoms with E-state index in [-0.39, 0.29) is 0 Å². The summed E-state index contributed by atoms with van der Waals surface area (Å²) in [6.07, 6.45) is 3.92. The molecule has 2 unspecified atom stereocenters. The zero-order valence-electron chi connectivity index (χ0n) is 34.6. The molecule has 0 aliphatic heterocycles. The smallest absolute Gasteiger partial charge is 0.0752 e. The molecule has 2 atom stereocenters. The van der Waals surface area contributed by atoms with Gasteiger partial charge in [0.05, 0.1) is 22.8 Å². The van der Waals surface area contributed by atoms with Crippen LogP contribution in [-0.4, -0.2) is 9.97 Å². The van der Waals surface area contributed by atoms with E-state index >= 15 is 0 Å². The predicted octanol–water partition coefficient (Wildman–Crippen LogP) is 15.0. The van der Waals surface area contributed by atoms with Gasteiger partial charge in [-0.3, -0.25) is 9.97 Å². The van der Waals surface area contributed by atoms with Gasteiger partial charge < -0.3 is 9.80 Å². The average molecular weight is 795 g/mol. The number of hydrogen-bond acceptors (Lipinski definition) is 4. The van der Waals surface area contributed by atoms with Crippen LogP contribution in [-0.2, 0) is 10.8 Å². The summed E-state index contributed by atoms with van der Waals surface area (Å²) in [5, 5.41) is 4.72. The van der Waals surface area contributed by atoms with Crippen molar-refractivity contribution in [1.29, 1.82) is 0 Å². The van der Waals surface area contributed by atoms with E-state index in [4.69, 9.17) is 9.97 Å². The highest BCUT2D eigenvalue weighted by atomic mass is 15.1. The van der Waals surface area contributed by atoms with Crippen molar-refractivity contribution in [2.75, 3.05) is 9.80 Å². The Labute approximate surface area is 362 Å². The van der Waals surface area contributed by atoms with Crippen LogP contribution in [0.5, 0.6) is 0 Å². The Morgan fingerprint density at radius 3 is 0.968 bits per heavy atom. The number of hydrogen-bond donors (Lipinski definition) is 0. The molecule has 0 bridgehead atoms. The van der Waals surface area contributed by atoms with Gasteiger partial charge in [0.2, 0.25) is 0 Å². The number of benzene rings is 8. The first-order valence-corrected chi connectivity index (χ1v) is 21.4. The molecule has 0 saturated heterocycles. The molecule has 12 rings (SSSR count). The van der Waals surface area contributed by atoms with Crippen molar-refractivity contribution in [2.24, 2.45) is 0 Å². The second-order valence-electron chi connectivity index (χ2n) is 16.8. The lowest BCUT2D eigenvalue weighted by Gasteiger charge is -2.45. The van der Waals surface area contributed by atoms with E-state index in [1.165, 1.54) is 54.9 Å². The van der Waals surface area contributed by atoms with Crippen molar-refractivity contribution in [1.82, 2.24) is 9.97 Å². The van der Waals surface area contributed by atoms with Crippen molar-refractivity contribution in [3.8, 4) is 22.5 Å². The Hall–Kier alpha value is -7.82. The van der Waals surface area contributed by atoms with Gasteiger partial charge in [0.15, 0.2) is 0 Å². The van der Waals surface area contributed by atoms with E-state index in [1.54, 1.807) is 0 Å². The second kappa shape index (κ2) is 13.9. The molecular weight excluding hydrogens is 753 g/mol. The second-order valence-corrected chi connectivity index (χ2v) is 16.8. The molecule has 62 heavy (non-hydrogen) atoms. The van der Waals surface area contributed by atoms with Gasteiger partial charge in [-0.1, -0.05) is 147 Å². The van der Waals surface area contributed by atoms with Crippen LogP contribution in [0, 0.1) is 0 Å². The average Bonchev–Trinajstić information content (AvgIpc) is 3.77. The van der Waals surface area contributed by atoms with E-state index in [2.05, 4.69) is 230 Å². The number of nitrogens with zero attached hydrogens (tertiary/aromatic N) is 4. The van der Waals surface area contributed by atoms with E-state index in [9.17, 15) is 0 Å². The summed E-state index contributed by atoms with van der Waals surface area (Å²) in [6, 6.07) is 74.7. The molecule has 4 heteroatoms. The Bertz CT molecular complexity index is 3030. The van der Waals surface area contributed by atoms with Gasteiger partial charge in [-0.15, -0.1) is 0 Å². The third kappa shape index (κ3) is 5.01. The van der Waals surface area contributed by atoms with E-state index in [0.717, 1.165) is 45.5 Å². The molecular formula is C58H42N4. The molecule has 2 aromatic heterocycles. The molecule has 0 spiro atoms. The maximum atomic E-state index is 5.29. The molecule has 8 aromatic carbocycles. The quantitative estimate of drug-likeness (QED) is 0.161. The van der Waals surface area contributed by atoms with Gasteiger partial charge in [0, 0.05) is 67.9 Å². The van der Waals surface area contributed by atoms with E-state index in [1.807, 2.05) is 12.4 Å². The molecule has 10 aromatic rings. The fourth-order valence-corrected chi connectivity index (χ4v) is 10.9. The fourth-order valence-electron chi connectivity index (χ4n) is 10.9. The van der Waals surface area contributed by atoms with Crippen LogP contribution in [0.3, 0.4) is 0 Å². The topological polar surface area (TPSA) is 32.3 Å². The molecule has 4 nitrogen and oxygen atoms in total. The summed E-state index contributed by atoms with van der Waals surface area (Å²) in [4.78, 5) is 15.4. The van der Waals surface area contributed by atoms with Crippen LogP contribution < -0.4 is 9.80 Å². The largest absolute Gasteiger partial charge is 0.310 e. The van der Waals surface area contributed by atoms with Crippen LogP contribution in [0.15, 0.2) is 219 Å². The van der Waals surface area contributed by atoms with E-state index < -0.39 is 10.8 Å². The number of fused-ring (bicyclic) bond motifs is 10. The Kier molecular flexibility index (Phi) is 8.07. The monoisotopic (exact) mass is 794 g/mol. The van der Waals surface area contributed by atoms with Crippen molar-refractivity contribution in [3.05, 3.63) is 241 Å². The minimum Gasteiger partial charge on any atom is -0.310 e. The van der Waals surface area contributed by atoms with Crippen LogP contribution in [0.25, 0.3) is 44.1 Å². The zero-order valence-corrected chi connectivity index (χ0v) is 34.6. The van der Waals surface area contributed by atoms with Crippen LogP contribution in [0.4, 0.5) is 34.1 Å². The maximum absolute atomic E-state index is 5.29. The summed E-state index contributed by atoms with van der Waals surface area (Å²) in [5.74, 6) is 0. The molecule has 0 amide bonds. The lowest BCUT2D eigenvalue weighted by molar-refractivity contribution is 0.375. The first-order valence-electron chi connectivity index (χ1n) is 21.4. The predicted molar refractivity (Wildman–Crippen MR) is 257 cm³/mol. The highest BCUT2D eigenvalue weighted by Gasteiger charge is 2.59. The summed E-state index contributed by atoms with van der Waals surface area (Å²) in [6.45, 7) is 4.94. The molecule has 0 radical (unpaired) electrons. The minimum atomic E-state index is -0.614. The normalized spacial score (nSPS) is 17.0.